The molecule has 0 spiro atoms. The van der Waals surface area contributed by atoms with Gasteiger partial charge in [-0.15, -0.1) is 0 Å². The van der Waals surface area contributed by atoms with Gasteiger partial charge in [0.2, 0.25) is 5.75 Å². The van der Waals surface area contributed by atoms with Gasteiger partial charge in [0.05, 0.1) is 34.6 Å². The van der Waals surface area contributed by atoms with E-state index in [-0.39, 0.29) is 5.11 Å². The summed E-state index contributed by atoms with van der Waals surface area (Å²) in [6.07, 6.45) is 0. The second-order valence-corrected chi connectivity index (χ2v) is 8.46. The number of rotatable bonds is 8. The summed E-state index contributed by atoms with van der Waals surface area (Å²) in [5.41, 5.74) is 0.874. The van der Waals surface area contributed by atoms with E-state index in [2.05, 4.69) is 15.6 Å². The molecule has 32 heavy (non-hydrogen) atoms. The summed E-state index contributed by atoms with van der Waals surface area (Å²) in [6, 6.07) is 6.70. The first kappa shape index (κ1) is 24.3. The molecule has 1 amide bonds. The molecule has 0 aliphatic carbocycles. The molecule has 3 aromatic rings. The van der Waals surface area contributed by atoms with Crippen LogP contribution in [0.15, 0.2) is 24.3 Å². The molecule has 3 rings (SSSR count). The molecule has 0 aliphatic heterocycles. The van der Waals surface area contributed by atoms with Crippen LogP contribution in [0.3, 0.4) is 0 Å². The van der Waals surface area contributed by atoms with Crippen molar-refractivity contribution in [3.8, 4) is 17.2 Å². The highest BCUT2D eigenvalue weighted by Crippen LogP contribution is 2.39. The number of benzene rings is 2. The molecule has 2 aromatic carbocycles. The van der Waals surface area contributed by atoms with Crippen LogP contribution >= 0.6 is 46.8 Å². The number of amides is 1. The molecule has 0 bridgehead atoms. The third-order valence-corrected chi connectivity index (χ3v) is 6.01. The molecule has 0 atom stereocenters. The van der Waals surface area contributed by atoms with Gasteiger partial charge in [-0.3, -0.25) is 10.1 Å². The summed E-state index contributed by atoms with van der Waals surface area (Å²) < 4.78 is 17.8. The molecule has 0 saturated carbocycles. The molecule has 11 heteroatoms. The van der Waals surface area contributed by atoms with Crippen LogP contribution in [0.4, 0.5) is 5.13 Å². The number of anilines is 1. The summed E-state index contributed by atoms with van der Waals surface area (Å²) in [7, 11) is 0. The molecule has 7 nitrogen and oxygen atoms in total. The first-order valence-electron chi connectivity index (χ1n) is 9.81. The minimum absolute atomic E-state index is 0.0843. The van der Waals surface area contributed by atoms with E-state index in [1.807, 2.05) is 26.8 Å². The van der Waals surface area contributed by atoms with Crippen molar-refractivity contribution in [1.29, 1.82) is 0 Å². The first-order chi connectivity index (χ1) is 15.4. The summed E-state index contributed by atoms with van der Waals surface area (Å²) in [5, 5.41) is 6.89. The maximum atomic E-state index is 12.9. The van der Waals surface area contributed by atoms with Crippen LogP contribution in [0.25, 0.3) is 10.2 Å². The molecule has 1 aromatic heterocycles. The summed E-state index contributed by atoms with van der Waals surface area (Å²) in [6.45, 7) is 6.79. The zero-order valence-electron chi connectivity index (χ0n) is 17.6. The second kappa shape index (κ2) is 11.0. The molecular formula is C21H21Cl2N3O4S2. The van der Waals surface area contributed by atoms with Crippen molar-refractivity contribution in [2.75, 3.05) is 25.1 Å². The van der Waals surface area contributed by atoms with E-state index in [1.165, 1.54) is 11.3 Å². The SMILES string of the molecule is CCOc1cc(C(=O)NC(=S)Nc2nc3c(Cl)c(Cl)ccc3s2)cc(OCC)c1OCC. The minimum Gasteiger partial charge on any atom is -0.490 e. The van der Waals surface area contributed by atoms with Crippen LogP contribution in [-0.2, 0) is 0 Å². The Labute approximate surface area is 205 Å². The lowest BCUT2D eigenvalue weighted by molar-refractivity contribution is 0.0976. The molecule has 0 unspecified atom stereocenters. The van der Waals surface area contributed by atoms with E-state index in [1.54, 1.807) is 18.2 Å². The van der Waals surface area contributed by atoms with Gasteiger partial charge in [-0.2, -0.15) is 0 Å². The topological polar surface area (TPSA) is 81.7 Å². The number of thiazole rings is 1. The van der Waals surface area contributed by atoms with E-state index in [0.29, 0.717) is 63.3 Å². The van der Waals surface area contributed by atoms with Gasteiger partial charge in [-0.05, 0) is 57.3 Å². The molecule has 0 radical (unpaired) electrons. The van der Waals surface area contributed by atoms with Gasteiger partial charge in [0.15, 0.2) is 21.7 Å². The van der Waals surface area contributed by atoms with Gasteiger partial charge < -0.3 is 19.5 Å². The van der Waals surface area contributed by atoms with Crippen molar-refractivity contribution in [3.05, 3.63) is 39.9 Å². The van der Waals surface area contributed by atoms with Crippen LogP contribution < -0.4 is 24.8 Å². The lowest BCUT2D eigenvalue weighted by Gasteiger charge is -2.17. The highest BCUT2D eigenvalue weighted by molar-refractivity contribution is 7.80. The van der Waals surface area contributed by atoms with E-state index in [4.69, 9.17) is 49.6 Å². The van der Waals surface area contributed by atoms with Gasteiger partial charge in [-0.1, -0.05) is 34.5 Å². The number of thiocarbonyl (C=S) groups is 1. The Morgan fingerprint density at radius 2 is 1.69 bits per heavy atom. The fourth-order valence-electron chi connectivity index (χ4n) is 2.81. The number of hydrogen-bond acceptors (Lipinski definition) is 7. The number of hydrogen-bond donors (Lipinski definition) is 2. The number of carbonyl (C=O) groups is 1. The van der Waals surface area contributed by atoms with E-state index in [0.717, 1.165) is 4.70 Å². The molecular weight excluding hydrogens is 493 g/mol. The number of nitrogens with one attached hydrogen (secondary N) is 2. The molecule has 0 saturated heterocycles. The molecule has 0 aliphatic rings. The fourth-order valence-corrected chi connectivity index (χ4v) is 4.36. The lowest BCUT2D eigenvalue weighted by atomic mass is 10.1. The zero-order valence-corrected chi connectivity index (χ0v) is 20.7. The summed E-state index contributed by atoms with van der Waals surface area (Å²) in [5.74, 6) is 0.858. The number of ether oxygens (including phenoxy) is 3. The second-order valence-electron chi connectivity index (χ2n) is 6.24. The number of carbonyl (C=O) groups excluding carboxylic acids is 1. The molecule has 2 N–H and O–H groups in total. The van der Waals surface area contributed by atoms with Gasteiger partial charge in [-0.25, -0.2) is 4.98 Å². The van der Waals surface area contributed by atoms with Crippen molar-refractivity contribution in [2.24, 2.45) is 0 Å². The number of nitrogens with zero attached hydrogens (tertiary/aromatic N) is 1. The predicted molar refractivity (Wildman–Crippen MR) is 133 cm³/mol. The summed E-state index contributed by atoms with van der Waals surface area (Å²) >= 11 is 18.9. The molecule has 1 heterocycles. The standard InChI is InChI=1S/C21H21Cl2N3O4S2/c1-4-28-13-9-11(10-14(29-5-2)18(13)30-6-3)19(27)25-20(31)26-21-24-17-15(32-21)8-7-12(22)16(17)23/h7-10H,4-6H2,1-3H3,(H2,24,25,26,27,31). The van der Waals surface area contributed by atoms with Gasteiger partial charge in [0.25, 0.3) is 5.91 Å². The van der Waals surface area contributed by atoms with E-state index in [9.17, 15) is 4.79 Å². The largest absolute Gasteiger partial charge is 0.490 e. The van der Waals surface area contributed by atoms with Crippen molar-refractivity contribution in [2.45, 2.75) is 20.8 Å². The van der Waals surface area contributed by atoms with Crippen molar-refractivity contribution < 1.29 is 19.0 Å². The van der Waals surface area contributed by atoms with Gasteiger partial charge in [0, 0.05) is 5.56 Å². The average Bonchev–Trinajstić information content (AvgIpc) is 3.16. The number of aromatic nitrogens is 1. The third-order valence-electron chi connectivity index (χ3n) is 4.07. The van der Waals surface area contributed by atoms with Gasteiger partial charge in [0.1, 0.15) is 5.52 Å². The van der Waals surface area contributed by atoms with Crippen molar-refractivity contribution in [3.63, 3.8) is 0 Å². The van der Waals surface area contributed by atoms with E-state index < -0.39 is 5.91 Å². The maximum absolute atomic E-state index is 12.9. The highest BCUT2D eigenvalue weighted by atomic mass is 35.5. The van der Waals surface area contributed by atoms with Gasteiger partial charge >= 0.3 is 0 Å². The Morgan fingerprint density at radius 1 is 1.06 bits per heavy atom. The van der Waals surface area contributed by atoms with Crippen LogP contribution in [0.1, 0.15) is 31.1 Å². The summed E-state index contributed by atoms with van der Waals surface area (Å²) in [4.78, 5) is 17.3. The highest BCUT2D eigenvalue weighted by Gasteiger charge is 2.19. The lowest BCUT2D eigenvalue weighted by Crippen LogP contribution is -2.34. The van der Waals surface area contributed by atoms with E-state index >= 15 is 0 Å². The van der Waals surface area contributed by atoms with Crippen LogP contribution in [-0.4, -0.2) is 35.8 Å². The first-order valence-corrected chi connectivity index (χ1v) is 11.8. The average molecular weight is 514 g/mol. The number of fused-ring (bicyclic) bond motifs is 1. The quantitative estimate of drug-likeness (QED) is 0.361. The minimum atomic E-state index is -0.436. The smallest absolute Gasteiger partial charge is 0.257 e. The Kier molecular flexibility index (Phi) is 8.36. The van der Waals surface area contributed by atoms with Crippen molar-refractivity contribution >= 4 is 73.1 Å². The zero-order chi connectivity index (χ0) is 23.3. The van der Waals surface area contributed by atoms with Crippen LogP contribution in [0, 0.1) is 0 Å². The molecule has 0 fully saturated rings. The molecule has 170 valence electrons. The third kappa shape index (κ3) is 5.53. The van der Waals surface area contributed by atoms with Crippen LogP contribution in [0.2, 0.25) is 10.0 Å². The Morgan fingerprint density at radius 3 is 2.28 bits per heavy atom. The fraction of sp³-hybridized carbons (Fsp3) is 0.286. The maximum Gasteiger partial charge on any atom is 0.257 e. The Hall–Kier alpha value is -2.33. The predicted octanol–water partition coefficient (Wildman–Crippen LogP) is 5.93. The Balaban J connectivity index is 1.79. The van der Waals surface area contributed by atoms with Crippen molar-refractivity contribution in [1.82, 2.24) is 10.3 Å². The van der Waals surface area contributed by atoms with Crippen LogP contribution in [0.5, 0.6) is 17.2 Å². The monoisotopic (exact) mass is 513 g/mol. The Bertz CT molecular complexity index is 1130. The normalized spacial score (nSPS) is 10.7. The number of halogens is 2.